The van der Waals surface area contributed by atoms with Crippen LogP contribution in [-0.2, 0) is 20.6 Å². The summed E-state index contributed by atoms with van der Waals surface area (Å²) in [4.78, 5) is 58.3. The molecule has 0 fully saturated rings. The first-order valence-corrected chi connectivity index (χ1v) is 11.1. The Hall–Kier alpha value is -1.02. The SMILES string of the molecule is CCc1cnc(C2=NC(C)(C(C)C)C(=O)N2)c(C(=O)O)c1.O=C(O)CNCP(=O)(O)O.[H-].[K+]. The number of carboxylic acid groups (broad SMARTS) is 2. The molecule has 0 spiro atoms. The number of nitrogens with zero attached hydrogens (tertiary/aromatic N) is 2. The van der Waals surface area contributed by atoms with Crippen molar-refractivity contribution in [3.05, 3.63) is 29.1 Å². The van der Waals surface area contributed by atoms with Crippen molar-refractivity contribution in [2.45, 2.75) is 39.7 Å². The summed E-state index contributed by atoms with van der Waals surface area (Å²) in [6.45, 7) is 7.02. The summed E-state index contributed by atoms with van der Waals surface area (Å²) in [5.74, 6) is -2.23. The van der Waals surface area contributed by atoms with Gasteiger partial charge in [-0.15, -0.1) is 0 Å². The molecule has 1 aliphatic heterocycles. The number of carbonyl (C=O) groups excluding carboxylic acids is 1. The third kappa shape index (κ3) is 9.08. The van der Waals surface area contributed by atoms with E-state index in [0.29, 0.717) is 6.42 Å². The first kappa shape index (κ1) is 31.0. The molecule has 1 aliphatic rings. The maximum atomic E-state index is 12.1. The van der Waals surface area contributed by atoms with E-state index in [1.807, 2.05) is 20.8 Å². The van der Waals surface area contributed by atoms with Gasteiger partial charge in [0.2, 0.25) is 0 Å². The van der Waals surface area contributed by atoms with Crippen LogP contribution >= 0.6 is 7.60 Å². The number of aliphatic carboxylic acids is 1. The molecule has 32 heavy (non-hydrogen) atoms. The van der Waals surface area contributed by atoms with Gasteiger partial charge in [-0.3, -0.25) is 24.5 Å². The van der Waals surface area contributed by atoms with Gasteiger partial charge in [-0.2, -0.15) is 0 Å². The predicted molar refractivity (Wildman–Crippen MR) is 112 cm³/mol. The quantitative estimate of drug-likeness (QED) is 0.165. The number of pyridine rings is 1. The zero-order valence-corrected chi connectivity index (χ0v) is 22.6. The molecule has 6 N–H and O–H groups in total. The molecule has 0 aromatic carbocycles. The molecule has 0 saturated heterocycles. The van der Waals surface area contributed by atoms with E-state index < -0.39 is 37.9 Å². The second kappa shape index (κ2) is 13.0. The summed E-state index contributed by atoms with van der Waals surface area (Å²) in [6, 6.07) is 1.57. The topological polar surface area (TPSA) is 199 Å². The summed E-state index contributed by atoms with van der Waals surface area (Å²) in [5, 5.41) is 22.1. The molecule has 14 heteroatoms. The summed E-state index contributed by atoms with van der Waals surface area (Å²) in [5.41, 5.74) is 0.197. The molecule has 0 radical (unpaired) electrons. The molecule has 1 amide bonds. The number of carboxylic acids is 2. The van der Waals surface area contributed by atoms with Gasteiger partial charge >= 0.3 is 70.9 Å². The van der Waals surface area contributed by atoms with Crippen LogP contribution < -0.4 is 62.0 Å². The van der Waals surface area contributed by atoms with E-state index in [9.17, 15) is 24.1 Å². The zero-order chi connectivity index (χ0) is 24.0. The van der Waals surface area contributed by atoms with Gasteiger partial charge in [0.15, 0.2) is 5.84 Å². The van der Waals surface area contributed by atoms with Gasteiger partial charge in [0.1, 0.15) is 11.2 Å². The minimum absolute atomic E-state index is 0. The number of aliphatic imine (C=N–C) groups is 1. The fraction of sp³-hybridized carbons (Fsp3) is 0.500. The average Bonchev–Trinajstić information content (AvgIpc) is 2.96. The maximum absolute atomic E-state index is 12.1. The van der Waals surface area contributed by atoms with Crippen molar-refractivity contribution in [3.63, 3.8) is 0 Å². The van der Waals surface area contributed by atoms with Crippen LogP contribution in [0.25, 0.3) is 0 Å². The third-order valence-corrected chi connectivity index (χ3v) is 5.20. The van der Waals surface area contributed by atoms with E-state index in [-0.39, 0.29) is 81.7 Å². The Labute approximate surface area is 229 Å². The minimum atomic E-state index is -4.10. The Kier molecular flexibility index (Phi) is 12.6. The smallest absolute Gasteiger partial charge is 1.00 e. The van der Waals surface area contributed by atoms with E-state index in [1.165, 1.54) is 0 Å². The Bertz CT molecular complexity index is 940. The van der Waals surface area contributed by atoms with Crippen LogP contribution in [0.1, 0.15) is 50.7 Å². The van der Waals surface area contributed by atoms with Gasteiger partial charge < -0.3 is 26.7 Å². The van der Waals surface area contributed by atoms with Crippen LogP contribution in [0.2, 0.25) is 0 Å². The molecule has 0 aliphatic carbocycles. The van der Waals surface area contributed by atoms with Crippen LogP contribution in [0.5, 0.6) is 0 Å². The number of carbonyl (C=O) groups is 3. The normalized spacial score (nSPS) is 17.6. The number of aromatic nitrogens is 1. The number of hydrogen-bond acceptors (Lipinski definition) is 7. The van der Waals surface area contributed by atoms with Crippen molar-refractivity contribution in [3.8, 4) is 0 Å². The zero-order valence-electron chi connectivity index (χ0n) is 19.6. The van der Waals surface area contributed by atoms with Crippen molar-refractivity contribution in [1.82, 2.24) is 15.6 Å². The number of aryl methyl sites for hydroxylation is 1. The number of nitrogens with one attached hydrogen (secondary N) is 2. The van der Waals surface area contributed by atoms with E-state index in [4.69, 9.17) is 14.9 Å². The van der Waals surface area contributed by atoms with Gasteiger partial charge in [0, 0.05) is 6.20 Å². The molecule has 0 saturated carbocycles. The predicted octanol–water partition coefficient (Wildman–Crippen LogP) is -2.45. The molecule has 2 rings (SSSR count). The second-order valence-electron chi connectivity index (χ2n) is 7.26. The van der Waals surface area contributed by atoms with E-state index in [0.717, 1.165) is 5.56 Å². The van der Waals surface area contributed by atoms with Crippen LogP contribution in [0.4, 0.5) is 0 Å². The summed E-state index contributed by atoms with van der Waals surface area (Å²) in [6.07, 6.45) is 1.71. The second-order valence-corrected chi connectivity index (χ2v) is 8.90. The largest absolute Gasteiger partial charge is 1.00 e. The number of hydrogen-bond donors (Lipinski definition) is 6. The standard InChI is InChI=1S/C15H19N3O3.C3H8NO5P.K.H/c1-5-9-6-10(13(19)20)11(16-7-9)12-17-14(21)15(4,18-12)8(2)3;5-3(6)1-4-2-10(7,8)9;;/h6-8H,5H2,1-4H3,(H,19,20)(H,17,18,21);4H,1-2H2,(H,5,6)(H2,7,8,9);;/q;;+1;-1. The van der Waals surface area contributed by atoms with Crippen molar-refractivity contribution < 1.29 is 91.8 Å². The van der Waals surface area contributed by atoms with Gasteiger partial charge in [-0.25, -0.2) is 9.79 Å². The number of aromatic carboxylic acids is 1. The van der Waals surface area contributed by atoms with Crippen LogP contribution in [0, 0.1) is 5.92 Å². The Balaban J connectivity index is 0. The van der Waals surface area contributed by atoms with E-state index in [2.05, 4.69) is 20.6 Å². The molecule has 0 bridgehead atoms. The fourth-order valence-electron chi connectivity index (χ4n) is 2.41. The average molecular weight is 499 g/mol. The molecule has 1 aromatic heterocycles. The Morgan fingerprint density at radius 2 is 1.91 bits per heavy atom. The molecule has 1 atom stereocenters. The number of amidine groups is 1. The Morgan fingerprint density at radius 1 is 1.31 bits per heavy atom. The maximum Gasteiger partial charge on any atom is 1.00 e. The van der Waals surface area contributed by atoms with Crippen LogP contribution in [0.3, 0.4) is 0 Å². The number of amides is 1. The third-order valence-electron chi connectivity index (χ3n) is 4.56. The molecule has 1 aromatic rings. The minimum Gasteiger partial charge on any atom is -1.00 e. The van der Waals surface area contributed by atoms with Crippen molar-refractivity contribution in [1.29, 1.82) is 0 Å². The van der Waals surface area contributed by atoms with Gasteiger partial charge in [0.25, 0.3) is 5.91 Å². The van der Waals surface area contributed by atoms with Crippen molar-refractivity contribution >= 4 is 31.3 Å². The van der Waals surface area contributed by atoms with Crippen LogP contribution in [-0.4, -0.2) is 67.0 Å². The Morgan fingerprint density at radius 3 is 2.31 bits per heavy atom. The van der Waals surface area contributed by atoms with Gasteiger partial charge in [-0.1, -0.05) is 20.8 Å². The molecule has 2 heterocycles. The molecule has 174 valence electrons. The molecule has 12 nitrogen and oxygen atoms in total. The summed E-state index contributed by atoms with van der Waals surface area (Å²) >= 11 is 0. The van der Waals surface area contributed by atoms with Crippen LogP contribution in [0.15, 0.2) is 17.3 Å². The number of rotatable bonds is 8. The van der Waals surface area contributed by atoms with Crippen molar-refractivity contribution in [2.24, 2.45) is 10.9 Å². The summed E-state index contributed by atoms with van der Waals surface area (Å²) in [7, 11) is -4.10. The van der Waals surface area contributed by atoms with Crippen molar-refractivity contribution in [2.75, 3.05) is 12.8 Å². The fourth-order valence-corrected chi connectivity index (χ4v) is 2.81. The van der Waals surface area contributed by atoms with E-state index >= 15 is 0 Å². The van der Waals surface area contributed by atoms with Gasteiger partial charge in [0.05, 0.1) is 18.4 Å². The monoisotopic (exact) mass is 498 g/mol. The molecule has 1 unspecified atom stereocenters. The first-order valence-electron chi connectivity index (χ1n) is 9.32. The molecular weight excluding hydrogens is 470 g/mol. The first-order chi connectivity index (χ1) is 14.2. The molecular formula is C18H28KN4O8P. The van der Waals surface area contributed by atoms with Gasteiger partial charge in [-0.05, 0) is 30.9 Å². The van der Waals surface area contributed by atoms with E-state index in [1.54, 1.807) is 19.2 Å². The summed E-state index contributed by atoms with van der Waals surface area (Å²) < 4.78 is 10.1.